The maximum Gasteiger partial charge on any atom is 0.225 e. The van der Waals surface area contributed by atoms with Gasteiger partial charge in [0, 0.05) is 25.8 Å². The Hall–Kier alpha value is -6.89. The number of hydrogen-bond acceptors (Lipinski definition) is 12. The van der Waals surface area contributed by atoms with Crippen LogP contribution in [0.15, 0.2) is 97.1 Å². The highest BCUT2D eigenvalue weighted by molar-refractivity contribution is 6.38. The van der Waals surface area contributed by atoms with Crippen molar-refractivity contribution < 1.29 is 52.2 Å². The summed E-state index contributed by atoms with van der Waals surface area (Å²) in [5, 5.41) is 1.96. The number of aromatic nitrogens is 1. The van der Waals surface area contributed by atoms with E-state index in [9.17, 15) is 0 Å². The molecular formula is C51H49NO11. The fourth-order valence-electron chi connectivity index (χ4n) is 8.69. The SMILES string of the molecule is C/C=C/C=C/c1cc2cc3c(c(OCc4ccccc4)c2c(OCC)n1)[C@]1(CC3)C(=O)c2c(c(OC)c3c(OCOC)c(OC)cc(OCOC)c3c2OCc2ccccc2)C1=O. The molecule has 0 amide bonds. The van der Waals surface area contributed by atoms with E-state index in [-0.39, 0.29) is 73.1 Å². The van der Waals surface area contributed by atoms with Gasteiger partial charge in [0.05, 0.1) is 53.8 Å². The number of ether oxygens (including phenoxy) is 9. The largest absolute Gasteiger partial charge is 0.495 e. The first kappa shape index (κ1) is 42.8. The van der Waals surface area contributed by atoms with E-state index in [2.05, 4.69) is 0 Å². The van der Waals surface area contributed by atoms with Gasteiger partial charge in [-0.3, -0.25) is 9.59 Å². The minimum atomic E-state index is -1.76. The van der Waals surface area contributed by atoms with Crippen LogP contribution in [0.25, 0.3) is 27.6 Å². The van der Waals surface area contributed by atoms with Crippen LogP contribution in [-0.4, -0.2) is 65.2 Å². The van der Waals surface area contributed by atoms with Crippen LogP contribution < -0.4 is 33.2 Å². The van der Waals surface area contributed by atoms with Gasteiger partial charge in [-0.25, -0.2) is 4.98 Å². The second-order valence-corrected chi connectivity index (χ2v) is 15.0. The molecule has 0 radical (unpaired) electrons. The van der Waals surface area contributed by atoms with Crippen molar-refractivity contribution in [3.63, 3.8) is 0 Å². The average molecular weight is 852 g/mol. The molecule has 2 aliphatic carbocycles. The number of nitrogens with zero attached hydrogens (tertiary/aromatic N) is 1. The van der Waals surface area contributed by atoms with Crippen molar-refractivity contribution in [2.75, 3.05) is 48.6 Å². The minimum Gasteiger partial charge on any atom is -0.495 e. The molecule has 1 aromatic heterocycles. The molecular weight excluding hydrogens is 803 g/mol. The third kappa shape index (κ3) is 7.59. The lowest BCUT2D eigenvalue weighted by Gasteiger charge is -2.26. The Morgan fingerprint density at radius 2 is 1.30 bits per heavy atom. The first-order valence-electron chi connectivity index (χ1n) is 20.7. The van der Waals surface area contributed by atoms with E-state index in [0.717, 1.165) is 22.1 Å². The summed E-state index contributed by atoms with van der Waals surface area (Å²) in [4.78, 5) is 36.9. The normalized spacial score (nSPS) is 15.5. The molecule has 2 aliphatic rings. The monoisotopic (exact) mass is 851 g/mol. The van der Waals surface area contributed by atoms with E-state index in [1.807, 2.05) is 111 Å². The molecule has 12 heteroatoms. The molecule has 0 saturated carbocycles. The Bertz CT molecular complexity index is 2750. The van der Waals surface area contributed by atoms with Crippen LogP contribution in [0.5, 0.6) is 40.4 Å². The number of aryl methyl sites for hydroxylation is 1. The summed E-state index contributed by atoms with van der Waals surface area (Å²) in [5.74, 6) is 0.647. The van der Waals surface area contributed by atoms with Gasteiger partial charge in [-0.1, -0.05) is 85.0 Å². The van der Waals surface area contributed by atoms with Crippen LogP contribution in [0.3, 0.4) is 0 Å². The molecule has 12 nitrogen and oxygen atoms in total. The predicted molar refractivity (Wildman–Crippen MR) is 239 cm³/mol. The summed E-state index contributed by atoms with van der Waals surface area (Å²) in [5.41, 5.74) is 1.99. The number of benzene rings is 5. The van der Waals surface area contributed by atoms with Crippen molar-refractivity contribution in [2.45, 2.75) is 45.3 Å². The summed E-state index contributed by atoms with van der Waals surface area (Å²) in [6, 6.07) is 24.9. The molecule has 1 atom stereocenters. The maximum atomic E-state index is 16.0. The number of carbonyl (C=O) groups is 2. The Kier molecular flexibility index (Phi) is 12.6. The Balaban J connectivity index is 1.45. The molecule has 324 valence electrons. The number of allylic oxidation sites excluding steroid dienone is 3. The van der Waals surface area contributed by atoms with Crippen LogP contribution in [0.2, 0.25) is 0 Å². The summed E-state index contributed by atoms with van der Waals surface area (Å²) in [7, 11) is 5.93. The molecule has 0 unspecified atom stereocenters. The van der Waals surface area contributed by atoms with E-state index < -0.39 is 17.0 Å². The van der Waals surface area contributed by atoms with Gasteiger partial charge in [0.15, 0.2) is 36.7 Å². The Morgan fingerprint density at radius 1 is 0.651 bits per heavy atom. The molecule has 5 aromatic carbocycles. The summed E-state index contributed by atoms with van der Waals surface area (Å²) in [6.07, 6.45) is 8.22. The van der Waals surface area contributed by atoms with E-state index in [4.69, 9.17) is 47.6 Å². The quantitative estimate of drug-likeness (QED) is 0.0464. The fraction of sp³-hybridized carbons (Fsp3) is 0.275. The second kappa shape index (κ2) is 18.6. The van der Waals surface area contributed by atoms with Crippen LogP contribution >= 0.6 is 0 Å². The van der Waals surface area contributed by atoms with E-state index in [1.54, 1.807) is 6.07 Å². The second-order valence-electron chi connectivity index (χ2n) is 15.0. The number of fused-ring (bicyclic) bond motifs is 5. The van der Waals surface area contributed by atoms with Crippen LogP contribution in [-0.2, 0) is 34.5 Å². The number of hydrogen-bond donors (Lipinski definition) is 0. The molecule has 0 fully saturated rings. The molecule has 8 rings (SSSR count). The van der Waals surface area contributed by atoms with Crippen molar-refractivity contribution in [3.8, 4) is 40.4 Å². The highest BCUT2D eigenvalue weighted by Crippen LogP contribution is 2.61. The highest BCUT2D eigenvalue weighted by atomic mass is 16.7. The Morgan fingerprint density at radius 3 is 1.92 bits per heavy atom. The lowest BCUT2D eigenvalue weighted by Crippen LogP contribution is -2.36. The molecule has 6 aromatic rings. The number of rotatable bonds is 18. The Labute approximate surface area is 365 Å². The van der Waals surface area contributed by atoms with Gasteiger partial charge < -0.3 is 42.6 Å². The minimum absolute atomic E-state index is 0.0425. The molecule has 0 N–H and O–H groups in total. The first-order chi connectivity index (χ1) is 30.8. The fourth-order valence-corrected chi connectivity index (χ4v) is 8.69. The molecule has 63 heavy (non-hydrogen) atoms. The van der Waals surface area contributed by atoms with Gasteiger partial charge in [0.25, 0.3) is 0 Å². The summed E-state index contributed by atoms with van der Waals surface area (Å²) < 4.78 is 55.1. The summed E-state index contributed by atoms with van der Waals surface area (Å²) >= 11 is 0. The molecule has 0 bridgehead atoms. The molecule has 1 spiro atoms. The van der Waals surface area contributed by atoms with Crippen molar-refractivity contribution in [3.05, 3.63) is 136 Å². The number of Topliss-reactive ketones (excluding diaryl/α,β-unsaturated/α-hetero) is 2. The van der Waals surface area contributed by atoms with Gasteiger partial charge in [0.1, 0.15) is 41.6 Å². The molecule has 0 saturated heterocycles. The zero-order chi connectivity index (χ0) is 44.1. The average Bonchev–Trinajstić information content (AvgIpc) is 3.80. The third-order valence-electron chi connectivity index (χ3n) is 11.3. The van der Waals surface area contributed by atoms with Gasteiger partial charge in [-0.2, -0.15) is 0 Å². The van der Waals surface area contributed by atoms with Crippen molar-refractivity contribution in [1.82, 2.24) is 4.98 Å². The topological polar surface area (TPSA) is 130 Å². The number of pyridine rings is 1. The van der Waals surface area contributed by atoms with Crippen molar-refractivity contribution in [1.29, 1.82) is 0 Å². The van der Waals surface area contributed by atoms with Crippen molar-refractivity contribution >= 4 is 39.2 Å². The number of carbonyl (C=O) groups excluding carboxylic acids is 2. The van der Waals surface area contributed by atoms with Crippen molar-refractivity contribution in [2.24, 2.45) is 0 Å². The lowest BCUT2D eigenvalue weighted by molar-refractivity contribution is 0.0482. The highest BCUT2D eigenvalue weighted by Gasteiger charge is 2.61. The lowest BCUT2D eigenvalue weighted by atomic mass is 9.76. The first-order valence-corrected chi connectivity index (χ1v) is 20.7. The third-order valence-corrected chi connectivity index (χ3v) is 11.3. The van der Waals surface area contributed by atoms with Gasteiger partial charge in [-0.15, -0.1) is 0 Å². The smallest absolute Gasteiger partial charge is 0.225 e. The van der Waals surface area contributed by atoms with Crippen LogP contribution in [0.1, 0.15) is 68.9 Å². The molecule has 0 aliphatic heterocycles. The maximum absolute atomic E-state index is 16.0. The van der Waals surface area contributed by atoms with E-state index in [1.165, 1.54) is 28.4 Å². The van der Waals surface area contributed by atoms with Gasteiger partial charge in [0.2, 0.25) is 5.88 Å². The van der Waals surface area contributed by atoms with E-state index in [0.29, 0.717) is 52.1 Å². The van der Waals surface area contributed by atoms with Crippen LogP contribution in [0, 0.1) is 0 Å². The number of methoxy groups -OCH3 is 4. The summed E-state index contributed by atoms with van der Waals surface area (Å²) in [6.45, 7) is 4.00. The predicted octanol–water partition coefficient (Wildman–Crippen LogP) is 9.78. The van der Waals surface area contributed by atoms with Crippen LogP contribution in [0.4, 0.5) is 0 Å². The van der Waals surface area contributed by atoms with E-state index >= 15 is 9.59 Å². The zero-order valence-electron chi connectivity index (χ0n) is 36.2. The standard InChI is InChI=1S/C51H49NO11/c1-7-9-12-21-35-25-34-24-33-22-23-51(43(33)47(38(34)50(52-35)59-8-2)61-28-32-19-15-11-16-20-32)48(53)41-42(49(51)54)46(60-27-31-17-13-10-14-18-31)39-36(62-29-55-3)26-37(57-5)44(63-30-56-4)40(39)45(41)58-6/h7,9-21,24-26H,8,22-23,27-30H2,1-6H3/b9-7+,21-12+/t51-/m0/s1. The molecule has 1 heterocycles. The van der Waals surface area contributed by atoms with Gasteiger partial charge >= 0.3 is 0 Å². The number of ketones is 2. The zero-order valence-corrected chi connectivity index (χ0v) is 36.2. The van der Waals surface area contributed by atoms with Gasteiger partial charge in [-0.05, 0) is 60.9 Å².